The first-order valence-corrected chi connectivity index (χ1v) is 11.1. The zero-order valence-electron chi connectivity index (χ0n) is 18.6. The number of ether oxygens (including phenoxy) is 1. The first-order valence-electron chi connectivity index (χ1n) is 11.1. The van der Waals surface area contributed by atoms with Gasteiger partial charge in [-0.05, 0) is 49.2 Å². The van der Waals surface area contributed by atoms with E-state index in [9.17, 15) is 5.11 Å². The van der Waals surface area contributed by atoms with E-state index in [1.165, 1.54) is 5.69 Å². The summed E-state index contributed by atoms with van der Waals surface area (Å²) in [5.74, 6) is 1.18. The van der Waals surface area contributed by atoms with E-state index in [1.54, 1.807) is 13.3 Å². The number of para-hydroxylation sites is 1. The molecule has 0 saturated carbocycles. The molecule has 4 N–H and O–H groups in total. The van der Waals surface area contributed by atoms with Crippen LogP contribution in [-0.4, -0.2) is 45.9 Å². The average Bonchev–Trinajstić information content (AvgIpc) is 3.25. The number of methoxy groups -OCH3 is 1. The minimum absolute atomic E-state index is 0.369. The van der Waals surface area contributed by atoms with Crippen molar-refractivity contribution in [2.24, 2.45) is 5.73 Å². The lowest BCUT2D eigenvalue weighted by Crippen LogP contribution is -2.36. The van der Waals surface area contributed by atoms with Crippen molar-refractivity contribution in [2.45, 2.75) is 25.2 Å². The van der Waals surface area contributed by atoms with Crippen LogP contribution in [0.25, 0.3) is 16.7 Å². The molecule has 0 amide bonds. The van der Waals surface area contributed by atoms with Gasteiger partial charge in [-0.15, -0.1) is 0 Å². The number of nitrogens with one attached hydrogen (secondary N) is 1. The van der Waals surface area contributed by atoms with Crippen molar-refractivity contribution in [1.82, 2.24) is 14.5 Å². The van der Waals surface area contributed by atoms with Crippen LogP contribution >= 0.6 is 0 Å². The van der Waals surface area contributed by atoms with Gasteiger partial charge in [-0.3, -0.25) is 0 Å². The molecule has 0 aliphatic carbocycles. The van der Waals surface area contributed by atoms with Crippen LogP contribution in [-0.2, 0) is 4.74 Å². The monoisotopic (exact) mass is 444 g/mol. The Morgan fingerprint density at radius 2 is 1.85 bits per heavy atom. The number of fused-ring (bicyclic) bond motifs is 1. The molecule has 170 valence electrons. The van der Waals surface area contributed by atoms with Crippen LogP contribution in [0, 0.1) is 0 Å². The Kier molecular flexibility index (Phi) is 5.95. The fraction of sp³-hybridized carbons (Fsp3) is 0.280. The normalized spacial score (nSPS) is 15.7. The van der Waals surface area contributed by atoms with E-state index >= 15 is 0 Å². The van der Waals surface area contributed by atoms with Gasteiger partial charge in [0.2, 0.25) is 5.95 Å². The van der Waals surface area contributed by atoms with Gasteiger partial charge >= 0.3 is 0 Å². The van der Waals surface area contributed by atoms with Crippen LogP contribution in [0.15, 0.2) is 67.0 Å². The molecule has 1 aliphatic heterocycles. The third-order valence-corrected chi connectivity index (χ3v) is 6.21. The maximum atomic E-state index is 9.98. The minimum Gasteiger partial charge on any atom is -0.381 e. The average molecular weight is 445 g/mol. The van der Waals surface area contributed by atoms with Gasteiger partial charge in [0, 0.05) is 54.9 Å². The molecule has 0 spiro atoms. The summed E-state index contributed by atoms with van der Waals surface area (Å²) in [6.45, 7) is 2.00. The predicted molar refractivity (Wildman–Crippen MR) is 130 cm³/mol. The number of benzene rings is 2. The van der Waals surface area contributed by atoms with Crippen molar-refractivity contribution in [3.63, 3.8) is 0 Å². The minimum atomic E-state index is -1.06. The molecule has 5 rings (SSSR count). The summed E-state index contributed by atoms with van der Waals surface area (Å²) < 4.78 is 7.39. The number of aliphatic hydroxyl groups excluding tert-OH is 1. The molecule has 1 fully saturated rings. The van der Waals surface area contributed by atoms with E-state index in [4.69, 9.17) is 10.5 Å². The van der Waals surface area contributed by atoms with E-state index in [1.807, 2.05) is 53.2 Å². The Morgan fingerprint density at radius 3 is 2.58 bits per heavy atom. The zero-order valence-corrected chi connectivity index (χ0v) is 18.6. The maximum Gasteiger partial charge on any atom is 0.229 e. The third-order valence-electron chi connectivity index (χ3n) is 6.21. The highest BCUT2D eigenvalue weighted by atomic mass is 16.5. The summed E-state index contributed by atoms with van der Waals surface area (Å²) in [5, 5.41) is 14.2. The first kappa shape index (κ1) is 21.4. The first-order chi connectivity index (χ1) is 16.1. The van der Waals surface area contributed by atoms with Crippen molar-refractivity contribution >= 4 is 28.2 Å². The van der Waals surface area contributed by atoms with Gasteiger partial charge in [-0.2, -0.15) is 4.98 Å². The molecule has 8 heteroatoms. The molecular formula is C25H28N6O2. The van der Waals surface area contributed by atoms with E-state index in [0.29, 0.717) is 23.4 Å². The summed E-state index contributed by atoms with van der Waals surface area (Å²) >= 11 is 0. The SMILES string of the molecule is COC1CCN(c2ccc(Nc3nccc(-n4cc(C(N)O)c5ccccc54)n3)cc2)CC1. The number of hydrogen-bond donors (Lipinski definition) is 3. The highest BCUT2D eigenvalue weighted by molar-refractivity contribution is 5.85. The maximum absolute atomic E-state index is 9.98. The Hall–Kier alpha value is -3.46. The highest BCUT2D eigenvalue weighted by Gasteiger charge is 2.19. The van der Waals surface area contributed by atoms with Gasteiger partial charge in [0.05, 0.1) is 11.6 Å². The molecule has 1 atom stereocenters. The number of nitrogens with two attached hydrogens (primary N) is 1. The largest absolute Gasteiger partial charge is 0.381 e. The van der Waals surface area contributed by atoms with E-state index < -0.39 is 6.23 Å². The lowest BCUT2D eigenvalue weighted by Gasteiger charge is -2.33. The van der Waals surface area contributed by atoms with Crippen molar-refractivity contribution in [3.8, 4) is 5.82 Å². The van der Waals surface area contributed by atoms with Gasteiger partial charge in [0.25, 0.3) is 0 Å². The van der Waals surface area contributed by atoms with Gasteiger partial charge in [0.15, 0.2) is 0 Å². The number of anilines is 3. The number of aliphatic hydroxyl groups is 1. The molecule has 1 unspecified atom stereocenters. The molecule has 0 bridgehead atoms. The Balaban J connectivity index is 1.35. The van der Waals surface area contributed by atoms with Crippen molar-refractivity contribution in [3.05, 3.63) is 72.6 Å². The van der Waals surface area contributed by atoms with Crippen molar-refractivity contribution in [1.29, 1.82) is 0 Å². The Bertz CT molecular complexity index is 1230. The second-order valence-corrected chi connectivity index (χ2v) is 8.25. The Morgan fingerprint density at radius 1 is 1.09 bits per heavy atom. The number of piperidine rings is 1. The molecule has 2 aromatic carbocycles. The summed E-state index contributed by atoms with van der Waals surface area (Å²) in [6.07, 6.45) is 4.94. The number of rotatable bonds is 6. The number of nitrogens with zero attached hydrogens (tertiary/aromatic N) is 4. The van der Waals surface area contributed by atoms with Crippen LogP contribution in [0.1, 0.15) is 24.6 Å². The Labute approximate surface area is 192 Å². The molecule has 0 radical (unpaired) electrons. The third kappa shape index (κ3) is 4.41. The highest BCUT2D eigenvalue weighted by Crippen LogP contribution is 2.28. The van der Waals surface area contributed by atoms with Gasteiger partial charge in [0.1, 0.15) is 12.0 Å². The van der Waals surface area contributed by atoms with Crippen molar-refractivity contribution in [2.75, 3.05) is 30.4 Å². The zero-order chi connectivity index (χ0) is 22.8. The van der Waals surface area contributed by atoms with Crippen LogP contribution < -0.4 is 16.0 Å². The van der Waals surface area contributed by atoms with E-state index in [-0.39, 0.29) is 0 Å². The number of hydrogen-bond acceptors (Lipinski definition) is 7. The summed E-state index contributed by atoms with van der Waals surface area (Å²) in [5.41, 5.74) is 9.47. The molecule has 4 aromatic rings. The molecule has 33 heavy (non-hydrogen) atoms. The second-order valence-electron chi connectivity index (χ2n) is 8.25. The van der Waals surface area contributed by atoms with Crippen LogP contribution in [0.2, 0.25) is 0 Å². The van der Waals surface area contributed by atoms with Gasteiger partial charge in [-0.25, -0.2) is 4.98 Å². The lowest BCUT2D eigenvalue weighted by molar-refractivity contribution is 0.0819. The molecular weight excluding hydrogens is 416 g/mol. The topological polar surface area (TPSA) is 101 Å². The van der Waals surface area contributed by atoms with Crippen LogP contribution in [0.5, 0.6) is 0 Å². The van der Waals surface area contributed by atoms with E-state index in [2.05, 4.69) is 32.3 Å². The summed E-state index contributed by atoms with van der Waals surface area (Å²) in [6, 6.07) is 17.9. The molecule has 8 nitrogen and oxygen atoms in total. The molecule has 1 saturated heterocycles. The predicted octanol–water partition coefficient (Wildman–Crippen LogP) is 3.73. The van der Waals surface area contributed by atoms with Crippen molar-refractivity contribution < 1.29 is 9.84 Å². The molecule has 1 aliphatic rings. The van der Waals surface area contributed by atoms with Crippen LogP contribution in [0.4, 0.5) is 17.3 Å². The smallest absolute Gasteiger partial charge is 0.229 e. The quantitative estimate of drug-likeness (QED) is 0.390. The summed E-state index contributed by atoms with van der Waals surface area (Å²) in [4.78, 5) is 11.4. The molecule has 2 aromatic heterocycles. The van der Waals surface area contributed by atoms with Gasteiger partial charge in [-0.1, -0.05) is 18.2 Å². The molecule has 3 heterocycles. The lowest BCUT2D eigenvalue weighted by atomic mass is 10.1. The number of aromatic nitrogens is 3. The van der Waals surface area contributed by atoms with Crippen LogP contribution in [0.3, 0.4) is 0 Å². The fourth-order valence-electron chi connectivity index (χ4n) is 4.41. The fourth-order valence-corrected chi connectivity index (χ4v) is 4.41. The van der Waals surface area contributed by atoms with Gasteiger partial charge < -0.3 is 30.4 Å². The summed E-state index contributed by atoms with van der Waals surface area (Å²) in [7, 11) is 1.79. The standard InChI is InChI=1S/C25H28N6O2/c1-33-19-11-14-30(15-12-19)18-8-6-17(7-9-18)28-25-27-13-10-23(29-25)31-16-21(24(26)32)20-4-2-3-5-22(20)31/h2-10,13,16,19,24,32H,11-12,14-15,26H2,1H3,(H,27,28,29). The second kappa shape index (κ2) is 9.19. The van der Waals surface area contributed by atoms with E-state index in [0.717, 1.165) is 42.5 Å².